The van der Waals surface area contributed by atoms with E-state index in [1.807, 2.05) is 0 Å². The quantitative estimate of drug-likeness (QED) is 0.168. The van der Waals surface area contributed by atoms with Gasteiger partial charge in [-0.3, -0.25) is 4.57 Å². The maximum Gasteiger partial charge on any atom is 0.206 e. The number of nitrogens with zero attached hydrogens (tertiary/aromatic N) is 3. The van der Waals surface area contributed by atoms with E-state index in [4.69, 9.17) is 10.9 Å². The van der Waals surface area contributed by atoms with E-state index in [0.717, 1.165) is 12.4 Å². The van der Waals surface area contributed by atoms with Crippen LogP contribution in [0.5, 0.6) is 0 Å². The molecule has 0 unspecified atom stereocenters. The van der Waals surface area contributed by atoms with Crippen molar-refractivity contribution in [1.29, 1.82) is 0 Å². The molecule has 10 heteroatoms. The summed E-state index contributed by atoms with van der Waals surface area (Å²) < 4.78 is 66.8. The largest absolute Gasteiger partial charge is 0.409 e. The van der Waals surface area contributed by atoms with E-state index in [2.05, 4.69) is 10.1 Å². The molecular formula is C10H5F5N4O. The molecule has 0 aliphatic heterocycles. The summed E-state index contributed by atoms with van der Waals surface area (Å²) in [4.78, 5) is 3.50. The molecule has 1 aromatic carbocycles. The molecule has 2 rings (SSSR count). The van der Waals surface area contributed by atoms with Crippen molar-refractivity contribution in [2.45, 2.75) is 0 Å². The molecule has 0 spiro atoms. The number of imidazole rings is 1. The molecule has 0 aliphatic rings. The van der Waals surface area contributed by atoms with Crippen molar-refractivity contribution in [3.63, 3.8) is 0 Å². The van der Waals surface area contributed by atoms with Crippen LogP contribution in [0.2, 0.25) is 0 Å². The number of hydrogen-bond donors (Lipinski definition) is 2. The van der Waals surface area contributed by atoms with Crippen molar-refractivity contribution < 1.29 is 27.2 Å². The van der Waals surface area contributed by atoms with Gasteiger partial charge in [-0.15, -0.1) is 0 Å². The van der Waals surface area contributed by atoms with Crippen molar-refractivity contribution in [3.05, 3.63) is 47.3 Å². The first kappa shape index (κ1) is 13.8. The second-order valence-electron chi connectivity index (χ2n) is 3.52. The van der Waals surface area contributed by atoms with Crippen LogP contribution in [0, 0.1) is 29.1 Å². The minimum Gasteiger partial charge on any atom is -0.409 e. The Bertz CT molecular complexity index is 683. The van der Waals surface area contributed by atoms with Crippen molar-refractivity contribution in [3.8, 4) is 5.69 Å². The Balaban J connectivity index is 2.81. The highest BCUT2D eigenvalue weighted by Crippen LogP contribution is 2.26. The molecule has 0 bridgehead atoms. The van der Waals surface area contributed by atoms with Crippen LogP contribution in [0.25, 0.3) is 5.69 Å². The number of amidine groups is 1. The van der Waals surface area contributed by atoms with Crippen LogP contribution in [0.1, 0.15) is 5.82 Å². The maximum absolute atomic E-state index is 13.6. The van der Waals surface area contributed by atoms with Crippen LogP contribution >= 0.6 is 0 Å². The molecule has 5 nitrogen and oxygen atoms in total. The lowest BCUT2D eigenvalue weighted by Crippen LogP contribution is -2.21. The number of rotatable bonds is 2. The Morgan fingerprint density at radius 1 is 1.05 bits per heavy atom. The lowest BCUT2D eigenvalue weighted by molar-refractivity contribution is 0.318. The van der Waals surface area contributed by atoms with E-state index >= 15 is 0 Å². The van der Waals surface area contributed by atoms with Crippen molar-refractivity contribution >= 4 is 5.84 Å². The molecule has 3 N–H and O–H groups in total. The summed E-state index contributed by atoms with van der Waals surface area (Å²) in [5.41, 5.74) is 3.92. The van der Waals surface area contributed by atoms with Crippen LogP contribution in [0.15, 0.2) is 17.5 Å². The summed E-state index contributed by atoms with van der Waals surface area (Å²) in [6.07, 6.45) is 1.87. The van der Waals surface area contributed by atoms with E-state index in [9.17, 15) is 22.0 Å². The third kappa shape index (κ3) is 1.85. The fraction of sp³-hybridized carbons (Fsp3) is 0. The predicted molar refractivity (Wildman–Crippen MR) is 55.9 cm³/mol. The van der Waals surface area contributed by atoms with Gasteiger partial charge in [0.25, 0.3) is 0 Å². The van der Waals surface area contributed by atoms with Crippen LogP contribution in [0.3, 0.4) is 0 Å². The summed E-state index contributed by atoms with van der Waals surface area (Å²) in [6.45, 7) is 0. The second-order valence-corrected chi connectivity index (χ2v) is 3.52. The molecule has 0 saturated carbocycles. The Labute approximate surface area is 107 Å². The molecule has 0 fully saturated rings. The Kier molecular flexibility index (Phi) is 3.30. The van der Waals surface area contributed by atoms with Gasteiger partial charge in [0.1, 0.15) is 5.69 Å². The average molecular weight is 292 g/mol. The van der Waals surface area contributed by atoms with Gasteiger partial charge < -0.3 is 10.9 Å². The maximum atomic E-state index is 13.6. The minimum absolute atomic E-state index is 0.478. The molecule has 2 aromatic rings. The predicted octanol–water partition coefficient (Wildman–Crippen LogP) is 1.66. The fourth-order valence-corrected chi connectivity index (χ4v) is 1.52. The van der Waals surface area contributed by atoms with Crippen LogP contribution in [-0.4, -0.2) is 20.6 Å². The smallest absolute Gasteiger partial charge is 0.206 e. The van der Waals surface area contributed by atoms with Gasteiger partial charge in [-0.1, -0.05) is 5.16 Å². The van der Waals surface area contributed by atoms with E-state index in [0.29, 0.717) is 4.57 Å². The zero-order valence-corrected chi connectivity index (χ0v) is 9.41. The third-order valence-corrected chi connectivity index (χ3v) is 2.41. The van der Waals surface area contributed by atoms with Crippen molar-refractivity contribution in [2.24, 2.45) is 10.9 Å². The number of nitrogens with two attached hydrogens (primary N) is 1. The lowest BCUT2D eigenvalue weighted by atomic mass is 10.2. The van der Waals surface area contributed by atoms with Crippen LogP contribution in [0.4, 0.5) is 22.0 Å². The Morgan fingerprint density at radius 2 is 1.55 bits per heavy atom. The number of oxime groups is 1. The van der Waals surface area contributed by atoms with Crippen molar-refractivity contribution in [2.75, 3.05) is 0 Å². The molecule has 1 aromatic heterocycles. The van der Waals surface area contributed by atoms with Gasteiger partial charge in [0.05, 0.1) is 0 Å². The monoisotopic (exact) mass is 292 g/mol. The summed E-state index contributed by atoms with van der Waals surface area (Å²) >= 11 is 0. The highest BCUT2D eigenvalue weighted by atomic mass is 19.2. The van der Waals surface area contributed by atoms with E-state index in [-0.39, 0.29) is 0 Å². The summed E-state index contributed by atoms with van der Waals surface area (Å²) in [7, 11) is 0. The topological polar surface area (TPSA) is 76.4 Å². The molecule has 0 amide bonds. The minimum atomic E-state index is -2.28. The van der Waals surface area contributed by atoms with Gasteiger partial charge >= 0.3 is 0 Å². The molecule has 0 saturated heterocycles. The van der Waals surface area contributed by atoms with Gasteiger partial charge in [-0.25, -0.2) is 26.9 Å². The zero-order valence-electron chi connectivity index (χ0n) is 9.41. The van der Waals surface area contributed by atoms with Gasteiger partial charge in [0.15, 0.2) is 29.1 Å². The summed E-state index contributed by atoms with van der Waals surface area (Å²) in [5, 5.41) is 11.0. The molecule has 0 aliphatic carbocycles. The standard InChI is InChI=1S/C10H5F5N4O/c11-3-4(12)6(14)8(7(15)5(3)13)19-2-1-17-10(19)9(16)18-20/h1-2,20H,(H2,16,18). The highest BCUT2D eigenvalue weighted by Gasteiger charge is 2.28. The normalized spacial score (nSPS) is 11.9. The first-order valence-corrected chi connectivity index (χ1v) is 4.93. The van der Waals surface area contributed by atoms with E-state index < -0.39 is 46.4 Å². The van der Waals surface area contributed by atoms with Gasteiger partial charge in [0.2, 0.25) is 11.7 Å². The first-order chi connectivity index (χ1) is 9.40. The number of halogens is 5. The van der Waals surface area contributed by atoms with Gasteiger partial charge in [0, 0.05) is 12.4 Å². The molecule has 1 heterocycles. The average Bonchev–Trinajstić information content (AvgIpc) is 2.91. The summed E-state index contributed by atoms with van der Waals surface area (Å²) in [6, 6.07) is 0. The van der Waals surface area contributed by atoms with Gasteiger partial charge in [-0.05, 0) is 0 Å². The van der Waals surface area contributed by atoms with Crippen molar-refractivity contribution in [1.82, 2.24) is 9.55 Å². The Hall–Kier alpha value is -2.65. The number of hydrogen-bond acceptors (Lipinski definition) is 3. The van der Waals surface area contributed by atoms with Gasteiger partial charge in [-0.2, -0.15) is 0 Å². The van der Waals surface area contributed by atoms with Crippen LogP contribution < -0.4 is 5.73 Å². The molecular weight excluding hydrogens is 287 g/mol. The molecule has 0 radical (unpaired) electrons. The zero-order chi connectivity index (χ0) is 15.0. The molecule has 0 atom stereocenters. The first-order valence-electron chi connectivity index (χ1n) is 4.93. The highest BCUT2D eigenvalue weighted by molar-refractivity contribution is 5.94. The molecule has 20 heavy (non-hydrogen) atoms. The van der Waals surface area contributed by atoms with E-state index in [1.165, 1.54) is 0 Å². The summed E-state index contributed by atoms with van der Waals surface area (Å²) in [5.74, 6) is -11.8. The SMILES string of the molecule is N/C(=N/O)c1nccn1-c1c(F)c(F)c(F)c(F)c1F. The van der Waals surface area contributed by atoms with Crippen LogP contribution in [-0.2, 0) is 0 Å². The lowest BCUT2D eigenvalue weighted by Gasteiger charge is -2.11. The fourth-order valence-electron chi connectivity index (χ4n) is 1.52. The number of benzene rings is 1. The molecule has 106 valence electrons. The Morgan fingerprint density at radius 3 is 2.05 bits per heavy atom. The third-order valence-electron chi connectivity index (χ3n) is 2.41. The van der Waals surface area contributed by atoms with E-state index in [1.54, 1.807) is 0 Å². The second kappa shape index (κ2) is 4.79. The number of aromatic nitrogens is 2.